The summed E-state index contributed by atoms with van der Waals surface area (Å²) in [5.41, 5.74) is 0. The number of carboxylic acid groups (broad SMARTS) is 1. The Bertz CT molecular complexity index is 363. The summed E-state index contributed by atoms with van der Waals surface area (Å²) in [5.74, 6) is -1.47. The number of hydrogen-bond donors (Lipinski definition) is 2. The van der Waals surface area contributed by atoms with Crippen LogP contribution >= 0.6 is 0 Å². The van der Waals surface area contributed by atoms with Crippen molar-refractivity contribution in [3.8, 4) is 0 Å². The lowest BCUT2D eigenvalue weighted by molar-refractivity contribution is -0.150. The number of rotatable bonds is 3. The van der Waals surface area contributed by atoms with Crippen molar-refractivity contribution in [1.82, 2.24) is 10.2 Å². The zero-order valence-electron chi connectivity index (χ0n) is 10.2. The van der Waals surface area contributed by atoms with Crippen molar-refractivity contribution in [3.05, 3.63) is 0 Å². The molecule has 6 nitrogen and oxygen atoms in total. The van der Waals surface area contributed by atoms with Gasteiger partial charge in [0.1, 0.15) is 6.04 Å². The Morgan fingerprint density at radius 2 is 2.00 bits per heavy atom. The first-order chi connectivity index (χ1) is 8.59. The Morgan fingerprint density at radius 3 is 2.61 bits per heavy atom. The zero-order valence-corrected chi connectivity index (χ0v) is 10.2. The molecule has 2 fully saturated rings. The maximum Gasteiger partial charge on any atom is 0.305 e. The van der Waals surface area contributed by atoms with Crippen molar-refractivity contribution < 1.29 is 19.5 Å². The number of carbonyl (C=O) groups excluding carboxylic acids is 2. The van der Waals surface area contributed by atoms with E-state index in [4.69, 9.17) is 5.11 Å². The molecule has 1 aliphatic heterocycles. The van der Waals surface area contributed by atoms with Crippen LogP contribution in [0.2, 0.25) is 0 Å². The average molecular weight is 254 g/mol. The highest BCUT2D eigenvalue weighted by Gasteiger charge is 2.37. The van der Waals surface area contributed by atoms with E-state index in [1.807, 2.05) is 0 Å². The predicted octanol–water partition coefficient (Wildman–Crippen LogP) is -0.0217. The van der Waals surface area contributed by atoms with Gasteiger partial charge in [0.05, 0.1) is 6.42 Å². The van der Waals surface area contributed by atoms with Crippen molar-refractivity contribution in [3.63, 3.8) is 0 Å². The third-order valence-corrected chi connectivity index (χ3v) is 3.69. The molecule has 2 amide bonds. The lowest BCUT2D eigenvalue weighted by Gasteiger charge is -2.35. The lowest BCUT2D eigenvalue weighted by atomic mass is 10.0. The number of carboxylic acids is 1. The van der Waals surface area contributed by atoms with Crippen LogP contribution in [0, 0.1) is 5.92 Å². The minimum absolute atomic E-state index is 0.0211. The fourth-order valence-electron chi connectivity index (χ4n) is 2.75. The van der Waals surface area contributed by atoms with E-state index in [2.05, 4.69) is 5.32 Å². The summed E-state index contributed by atoms with van der Waals surface area (Å²) >= 11 is 0. The van der Waals surface area contributed by atoms with E-state index in [1.165, 1.54) is 4.90 Å². The molecule has 1 saturated heterocycles. The van der Waals surface area contributed by atoms with Crippen LogP contribution in [0.15, 0.2) is 0 Å². The molecule has 1 heterocycles. The first-order valence-electron chi connectivity index (χ1n) is 6.39. The van der Waals surface area contributed by atoms with Gasteiger partial charge < -0.3 is 15.3 Å². The molecule has 2 rings (SSSR count). The number of nitrogens with zero attached hydrogens (tertiary/aromatic N) is 1. The summed E-state index contributed by atoms with van der Waals surface area (Å²) in [6.45, 7) is 0.826. The third kappa shape index (κ3) is 2.63. The molecular formula is C12H18N2O4. The van der Waals surface area contributed by atoms with Crippen molar-refractivity contribution in [2.24, 2.45) is 5.92 Å². The van der Waals surface area contributed by atoms with Crippen molar-refractivity contribution in [2.45, 2.75) is 38.1 Å². The van der Waals surface area contributed by atoms with Crippen LogP contribution in [-0.2, 0) is 14.4 Å². The quantitative estimate of drug-likeness (QED) is 0.741. The molecule has 1 aliphatic carbocycles. The lowest BCUT2D eigenvalue weighted by Crippen LogP contribution is -2.58. The van der Waals surface area contributed by atoms with E-state index in [0.717, 1.165) is 25.7 Å². The van der Waals surface area contributed by atoms with E-state index < -0.39 is 12.0 Å². The zero-order chi connectivity index (χ0) is 13.1. The second-order valence-corrected chi connectivity index (χ2v) is 4.92. The van der Waals surface area contributed by atoms with Gasteiger partial charge in [-0.1, -0.05) is 12.8 Å². The van der Waals surface area contributed by atoms with E-state index in [0.29, 0.717) is 13.1 Å². The number of piperazine rings is 1. The van der Waals surface area contributed by atoms with Crippen LogP contribution in [0.4, 0.5) is 0 Å². The second kappa shape index (κ2) is 5.37. The summed E-state index contributed by atoms with van der Waals surface area (Å²) in [6, 6.07) is -0.843. The Hall–Kier alpha value is -1.59. The first-order valence-corrected chi connectivity index (χ1v) is 6.39. The van der Waals surface area contributed by atoms with Crippen molar-refractivity contribution in [1.29, 1.82) is 0 Å². The van der Waals surface area contributed by atoms with Crippen LogP contribution in [0.3, 0.4) is 0 Å². The van der Waals surface area contributed by atoms with Gasteiger partial charge in [-0.2, -0.15) is 0 Å². The molecule has 0 aromatic heterocycles. The van der Waals surface area contributed by atoms with E-state index in [9.17, 15) is 14.4 Å². The Labute approximate surface area is 105 Å². The Morgan fingerprint density at radius 1 is 1.33 bits per heavy atom. The van der Waals surface area contributed by atoms with Gasteiger partial charge >= 0.3 is 5.97 Å². The number of amides is 2. The number of hydrogen-bond acceptors (Lipinski definition) is 3. The predicted molar refractivity (Wildman–Crippen MR) is 62.7 cm³/mol. The van der Waals surface area contributed by atoms with E-state index in [-0.39, 0.29) is 24.2 Å². The topological polar surface area (TPSA) is 86.7 Å². The van der Waals surface area contributed by atoms with E-state index >= 15 is 0 Å². The third-order valence-electron chi connectivity index (χ3n) is 3.69. The highest BCUT2D eigenvalue weighted by molar-refractivity contribution is 5.92. The minimum atomic E-state index is -1.05. The monoisotopic (exact) mass is 254 g/mol. The number of aliphatic carboxylic acids is 1. The summed E-state index contributed by atoms with van der Waals surface area (Å²) in [7, 11) is 0. The molecule has 0 aromatic carbocycles. The molecule has 2 N–H and O–H groups in total. The van der Waals surface area contributed by atoms with Crippen LogP contribution in [0.5, 0.6) is 0 Å². The number of nitrogens with one attached hydrogen (secondary N) is 1. The van der Waals surface area contributed by atoms with Crippen LogP contribution in [-0.4, -0.2) is 46.9 Å². The molecule has 1 saturated carbocycles. The number of carbonyl (C=O) groups is 3. The summed E-state index contributed by atoms with van der Waals surface area (Å²) in [4.78, 5) is 36.2. The van der Waals surface area contributed by atoms with Crippen LogP contribution in [0.1, 0.15) is 32.1 Å². The van der Waals surface area contributed by atoms with Gasteiger partial charge in [0.25, 0.3) is 0 Å². The smallest absolute Gasteiger partial charge is 0.305 e. The fraction of sp³-hybridized carbons (Fsp3) is 0.750. The summed E-state index contributed by atoms with van der Waals surface area (Å²) < 4.78 is 0. The molecule has 18 heavy (non-hydrogen) atoms. The molecule has 6 heteroatoms. The summed E-state index contributed by atoms with van der Waals surface area (Å²) in [5, 5.41) is 11.4. The molecule has 100 valence electrons. The van der Waals surface area contributed by atoms with Crippen LogP contribution in [0.25, 0.3) is 0 Å². The standard InChI is InChI=1S/C12H18N2O4/c15-10(16)7-9-11(17)13-5-6-14(9)12(18)8-3-1-2-4-8/h8-9H,1-7H2,(H,13,17)(H,15,16). The molecule has 1 unspecified atom stereocenters. The Balaban J connectivity index is 2.09. The SMILES string of the molecule is O=C(O)CC1C(=O)NCCN1C(=O)C1CCCC1. The maximum absolute atomic E-state index is 12.3. The molecule has 0 bridgehead atoms. The highest BCUT2D eigenvalue weighted by atomic mass is 16.4. The molecular weight excluding hydrogens is 236 g/mol. The largest absolute Gasteiger partial charge is 0.481 e. The minimum Gasteiger partial charge on any atom is -0.481 e. The normalized spacial score (nSPS) is 25.0. The summed E-state index contributed by atoms with van der Waals surface area (Å²) in [6.07, 6.45) is 3.48. The van der Waals surface area contributed by atoms with Gasteiger partial charge in [-0.25, -0.2) is 0 Å². The van der Waals surface area contributed by atoms with Gasteiger partial charge in [0.15, 0.2) is 0 Å². The van der Waals surface area contributed by atoms with Gasteiger partial charge in [-0.05, 0) is 12.8 Å². The van der Waals surface area contributed by atoms with E-state index in [1.54, 1.807) is 0 Å². The highest BCUT2D eigenvalue weighted by Crippen LogP contribution is 2.28. The molecule has 0 aromatic rings. The molecule has 2 aliphatic rings. The Kier molecular flexibility index (Phi) is 3.84. The van der Waals surface area contributed by atoms with Crippen molar-refractivity contribution in [2.75, 3.05) is 13.1 Å². The van der Waals surface area contributed by atoms with Gasteiger partial charge in [0, 0.05) is 19.0 Å². The molecule has 0 radical (unpaired) electrons. The van der Waals surface area contributed by atoms with Gasteiger partial charge in [-0.15, -0.1) is 0 Å². The average Bonchev–Trinajstić information content (AvgIpc) is 2.84. The fourth-order valence-corrected chi connectivity index (χ4v) is 2.75. The van der Waals surface area contributed by atoms with Crippen LogP contribution < -0.4 is 5.32 Å². The van der Waals surface area contributed by atoms with Gasteiger partial charge in [0.2, 0.25) is 11.8 Å². The second-order valence-electron chi connectivity index (χ2n) is 4.92. The molecule has 0 spiro atoms. The maximum atomic E-state index is 12.3. The van der Waals surface area contributed by atoms with Gasteiger partial charge in [-0.3, -0.25) is 14.4 Å². The first kappa shape index (κ1) is 12.9. The van der Waals surface area contributed by atoms with Crippen molar-refractivity contribution >= 4 is 17.8 Å². The molecule has 1 atom stereocenters.